The summed E-state index contributed by atoms with van der Waals surface area (Å²) in [5.74, 6) is 0.286. The van der Waals surface area contributed by atoms with Gasteiger partial charge >= 0.3 is 0 Å². The lowest BCUT2D eigenvalue weighted by Gasteiger charge is -2.38. The number of nitrogens with zero attached hydrogens (tertiary/aromatic N) is 3. The Morgan fingerprint density at radius 3 is 2.37 bits per heavy atom. The Kier molecular flexibility index (Phi) is 5.73. The topological polar surface area (TPSA) is 38.1 Å². The number of rotatable bonds is 8. The van der Waals surface area contributed by atoms with Crippen LogP contribution in [0, 0.1) is 0 Å². The van der Waals surface area contributed by atoms with Crippen LogP contribution in [0.15, 0.2) is 12.4 Å². The number of ketones is 1. The molecule has 1 unspecified atom stereocenters. The first-order valence-corrected chi connectivity index (χ1v) is 7.31. The Bertz CT molecular complexity index is 409. The highest BCUT2D eigenvalue weighted by Gasteiger charge is 2.35. The van der Waals surface area contributed by atoms with Crippen molar-refractivity contribution in [3.05, 3.63) is 18.0 Å². The van der Waals surface area contributed by atoms with E-state index < -0.39 is 0 Å². The van der Waals surface area contributed by atoms with Crippen LogP contribution in [0.5, 0.6) is 0 Å². The first kappa shape index (κ1) is 15.9. The van der Waals surface area contributed by atoms with Gasteiger partial charge in [0.15, 0.2) is 5.78 Å². The Morgan fingerprint density at radius 2 is 1.95 bits per heavy atom. The Balaban J connectivity index is 2.83. The van der Waals surface area contributed by atoms with Crippen LogP contribution >= 0.6 is 0 Å². The van der Waals surface area contributed by atoms with Crippen LogP contribution in [0.1, 0.15) is 46.6 Å². The summed E-state index contributed by atoms with van der Waals surface area (Å²) >= 11 is 0. The van der Waals surface area contributed by atoms with E-state index in [2.05, 4.69) is 37.7 Å². The zero-order valence-corrected chi connectivity index (χ0v) is 12.9. The van der Waals surface area contributed by atoms with Crippen molar-refractivity contribution in [1.29, 1.82) is 0 Å². The summed E-state index contributed by atoms with van der Waals surface area (Å²) in [6.07, 6.45) is 5.09. The van der Waals surface area contributed by atoms with Gasteiger partial charge in [0.25, 0.3) is 0 Å². The van der Waals surface area contributed by atoms with E-state index in [1.807, 2.05) is 17.8 Å². The fourth-order valence-electron chi connectivity index (χ4n) is 2.57. The molecule has 0 aliphatic carbocycles. The van der Waals surface area contributed by atoms with Crippen LogP contribution < -0.4 is 0 Å². The number of likely N-dealkylation sites (N-methyl/N-ethyl adjacent to an activating group) is 1. The summed E-state index contributed by atoms with van der Waals surface area (Å²) in [6.45, 7) is 13.1. The second-order valence-corrected chi connectivity index (χ2v) is 5.10. The maximum absolute atomic E-state index is 12.6. The first-order chi connectivity index (χ1) is 9.01. The van der Waals surface area contributed by atoms with Gasteiger partial charge in [-0.3, -0.25) is 14.4 Å². The fourth-order valence-corrected chi connectivity index (χ4v) is 2.57. The number of hydrogen-bond acceptors (Lipinski definition) is 3. The average Bonchev–Trinajstić information content (AvgIpc) is 2.87. The van der Waals surface area contributed by atoms with Crippen molar-refractivity contribution in [2.45, 2.75) is 59.5 Å². The van der Waals surface area contributed by atoms with Gasteiger partial charge in [0.2, 0.25) is 0 Å². The molecule has 1 aromatic rings. The van der Waals surface area contributed by atoms with Crippen molar-refractivity contribution >= 4 is 5.78 Å². The lowest BCUT2D eigenvalue weighted by Crippen LogP contribution is -2.52. The van der Waals surface area contributed by atoms with E-state index >= 15 is 0 Å². The molecular formula is C15H27N3O. The molecular weight excluding hydrogens is 238 g/mol. The second kappa shape index (κ2) is 6.85. The number of hydrogen-bond donors (Lipinski definition) is 0. The minimum Gasteiger partial charge on any atom is -0.297 e. The predicted molar refractivity (Wildman–Crippen MR) is 78.2 cm³/mol. The number of aryl methyl sites for hydroxylation is 1. The lowest BCUT2D eigenvalue weighted by atomic mass is 9.87. The van der Waals surface area contributed by atoms with E-state index in [4.69, 9.17) is 0 Å². The molecule has 0 spiro atoms. The highest BCUT2D eigenvalue weighted by atomic mass is 16.1. The monoisotopic (exact) mass is 265 g/mol. The minimum absolute atomic E-state index is 0.286. The van der Waals surface area contributed by atoms with Crippen LogP contribution in [0.25, 0.3) is 0 Å². The third-order valence-electron chi connectivity index (χ3n) is 4.13. The van der Waals surface area contributed by atoms with E-state index in [1.165, 1.54) is 0 Å². The molecule has 1 aromatic heterocycles. The predicted octanol–water partition coefficient (Wildman–Crippen LogP) is 2.53. The normalized spacial score (nSPS) is 14.6. The summed E-state index contributed by atoms with van der Waals surface area (Å²) in [5, 5.41) is 4.23. The SMILES string of the molecule is CCN(CC)C(C)(CC)C(=O)Cc1cnn(CC)c1. The van der Waals surface area contributed by atoms with Crippen molar-refractivity contribution in [3.63, 3.8) is 0 Å². The number of carbonyl (C=O) groups is 1. The van der Waals surface area contributed by atoms with Gasteiger partial charge in [0.05, 0.1) is 11.7 Å². The molecule has 1 heterocycles. The van der Waals surface area contributed by atoms with Gasteiger partial charge in [0.1, 0.15) is 0 Å². The zero-order chi connectivity index (χ0) is 14.5. The summed E-state index contributed by atoms with van der Waals surface area (Å²) < 4.78 is 1.86. The fraction of sp³-hybridized carbons (Fsp3) is 0.733. The molecule has 0 aromatic carbocycles. The molecule has 0 amide bonds. The average molecular weight is 265 g/mol. The summed E-state index contributed by atoms with van der Waals surface area (Å²) in [4.78, 5) is 14.9. The summed E-state index contributed by atoms with van der Waals surface area (Å²) in [6, 6.07) is 0. The molecule has 0 N–H and O–H groups in total. The number of aromatic nitrogens is 2. The molecule has 0 aliphatic rings. The van der Waals surface area contributed by atoms with E-state index in [1.54, 1.807) is 6.20 Å². The largest absolute Gasteiger partial charge is 0.297 e. The van der Waals surface area contributed by atoms with Crippen LogP contribution in [-0.4, -0.2) is 39.1 Å². The molecule has 0 bridgehead atoms. The Labute approximate surface area is 116 Å². The van der Waals surface area contributed by atoms with Crippen molar-refractivity contribution in [3.8, 4) is 0 Å². The standard InChI is InChI=1S/C15H27N3O/c1-6-15(5,17(7-2)8-3)14(19)10-13-11-16-18(9-4)12-13/h11-12H,6-10H2,1-5H3. The molecule has 4 heteroatoms. The quantitative estimate of drug-likeness (QED) is 0.725. The van der Waals surface area contributed by atoms with E-state index in [-0.39, 0.29) is 11.3 Å². The number of carbonyl (C=O) groups excluding carboxylic acids is 1. The van der Waals surface area contributed by atoms with Gasteiger partial charge in [-0.05, 0) is 38.9 Å². The third kappa shape index (κ3) is 3.44. The van der Waals surface area contributed by atoms with Crippen molar-refractivity contribution < 1.29 is 4.79 Å². The molecule has 4 nitrogen and oxygen atoms in total. The van der Waals surface area contributed by atoms with Gasteiger partial charge in [-0.25, -0.2) is 0 Å². The maximum Gasteiger partial charge on any atom is 0.157 e. The van der Waals surface area contributed by atoms with Gasteiger partial charge < -0.3 is 0 Å². The molecule has 1 rings (SSSR count). The Morgan fingerprint density at radius 1 is 1.32 bits per heavy atom. The molecule has 108 valence electrons. The van der Waals surface area contributed by atoms with Gasteiger partial charge in [-0.2, -0.15) is 5.10 Å². The van der Waals surface area contributed by atoms with Crippen LogP contribution in [-0.2, 0) is 17.8 Å². The first-order valence-electron chi connectivity index (χ1n) is 7.31. The van der Waals surface area contributed by atoms with Gasteiger partial charge in [-0.15, -0.1) is 0 Å². The maximum atomic E-state index is 12.6. The van der Waals surface area contributed by atoms with Gasteiger partial charge in [0, 0.05) is 19.2 Å². The van der Waals surface area contributed by atoms with Crippen molar-refractivity contribution in [2.75, 3.05) is 13.1 Å². The van der Waals surface area contributed by atoms with E-state index in [9.17, 15) is 4.79 Å². The highest BCUT2D eigenvalue weighted by molar-refractivity contribution is 5.89. The van der Waals surface area contributed by atoms with Crippen LogP contribution in [0.3, 0.4) is 0 Å². The summed E-state index contributed by atoms with van der Waals surface area (Å²) in [7, 11) is 0. The second-order valence-electron chi connectivity index (χ2n) is 5.10. The molecule has 0 saturated heterocycles. The molecule has 0 aliphatic heterocycles. The van der Waals surface area contributed by atoms with Crippen LogP contribution in [0.4, 0.5) is 0 Å². The number of Topliss-reactive ketones (excluding diaryl/α,β-unsaturated/α-hetero) is 1. The third-order valence-corrected chi connectivity index (χ3v) is 4.13. The minimum atomic E-state index is -0.363. The summed E-state index contributed by atoms with van der Waals surface area (Å²) in [5.41, 5.74) is 0.649. The molecule has 1 atom stereocenters. The smallest absolute Gasteiger partial charge is 0.157 e. The van der Waals surface area contributed by atoms with Crippen LogP contribution in [0.2, 0.25) is 0 Å². The van der Waals surface area contributed by atoms with E-state index in [0.717, 1.165) is 31.6 Å². The molecule has 0 fully saturated rings. The van der Waals surface area contributed by atoms with Crippen molar-refractivity contribution in [2.24, 2.45) is 0 Å². The van der Waals surface area contributed by atoms with E-state index in [0.29, 0.717) is 6.42 Å². The Hall–Kier alpha value is -1.16. The molecule has 0 saturated carbocycles. The van der Waals surface area contributed by atoms with Crippen molar-refractivity contribution in [1.82, 2.24) is 14.7 Å². The zero-order valence-electron chi connectivity index (χ0n) is 12.9. The molecule has 19 heavy (non-hydrogen) atoms. The lowest BCUT2D eigenvalue weighted by molar-refractivity contribution is -0.129. The highest BCUT2D eigenvalue weighted by Crippen LogP contribution is 2.22. The molecule has 0 radical (unpaired) electrons. The van der Waals surface area contributed by atoms with Gasteiger partial charge in [-0.1, -0.05) is 20.8 Å².